The van der Waals surface area contributed by atoms with Crippen molar-refractivity contribution in [2.24, 2.45) is 0 Å². The molecular weight excluding hydrogens is 308 g/mol. The molecule has 0 aliphatic heterocycles. The quantitative estimate of drug-likeness (QED) is 0.599. The van der Waals surface area contributed by atoms with Crippen molar-refractivity contribution in [2.75, 3.05) is 0 Å². The number of halogens is 1. The van der Waals surface area contributed by atoms with Crippen LogP contribution in [-0.2, 0) is 0 Å². The first-order valence-electron chi connectivity index (χ1n) is 5.73. The highest BCUT2D eigenvalue weighted by atomic mass is 79.9. The van der Waals surface area contributed by atoms with E-state index in [4.69, 9.17) is 0 Å². The summed E-state index contributed by atoms with van der Waals surface area (Å²) in [6.45, 7) is 1.97. The average Bonchev–Trinajstić information content (AvgIpc) is 2.76. The molecule has 3 rings (SSSR count). The Hall–Kier alpha value is -2.01. The second-order valence-electron chi connectivity index (χ2n) is 4.41. The third-order valence-electron chi connectivity index (χ3n) is 2.98. The number of imidazole rings is 1. The number of nitrogens with zero attached hydrogens (tertiary/aromatic N) is 1. The maximum absolute atomic E-state index is 9.86. The van der Waals surface area contributed by atoms with Crippen LogP contribution in [0.5, 0.6) is 11.5 Å². The monoisotopic (exact) mass is 318 g/mol. The van der Waals surface area contributed by atoms with Crippen molar-refractivity contribution in [1.29, 1.82) is 0 Å². The zero-order chi connectivity index (χ0) is 13.6. The van der Waals surface area contributed by atoms with Crippen molar-refractivity contribution in [3.05, 3.63) is 40.4 Å². The lowest BCUT2D eigenvalue weighted by atomic mass is 10.2. The summed E-state index contributed by atoms with van der Waals surface area (Å²) in [6, 6.07) is 8.27. The Morgan fingerprint density at radius 3 is 2.74 bits per heavy atom. The largest absolute Gasteiger partial charge is 0.508 e. The predicted molar refractivity (Wildman–Crippen MR) is 77.3 cm³/mol. The Balaban J connectivity index is 2.26. The van der Waals surface area contributed by atoms with Gasteiger partial charge in [0.1, 0.15) is 17.3 Å². The van der Waals surface area contributed by atoms with Gasteiger partial charge >= 0.3 is 0 Å². The topological polar surface area (TPSA) is 69.1 Å². The third-order valence-corrected chi connectivity index (χ3v) is 3.44. The second kappa shape index (κ2) is 4.28. The summed E-state index contributed by atoms with van der Waals surface area (Å²) in [6.07, 6.45) is 0. The van der Waals surface area contributed by atoms with Crippen LogP contribution < -0.4 is 0 Å². The number of aromatic hydroxyl groups is 2. The van der Waals surface area contributed by atoms with Crippen LogP contribution in [0.4, 0.5) is 0 Å². The lowest BCUT2D eigenvalue weighted by Crippen LogP contribution is -1.81. The normalized spacial score (nSPS) is 11.1. The van der Waals surface area contributed by atoms with Gasteiger partial charge in [0.2, 0.25) is 0 Å². The fraction of sp³-hybridized carbons (Fsp3) is 0.0714. The molecule has 0 saturated heterocycles. The van der Waals surface area contributed by atoms with Crippen molar-refractivity contribution in [3.8, 4) is 22.9 Å². The van der Waals surface area contributed by atoms with Gasteiger partial charge in [-0.1, -0.05) is 15.9 Å². The van der Waals surface area contributed by atoms with E-state index in [2.05, 4.69) is 25.9 Å². The first kappa shape index (κ1) is 12.0. The Morgan fingerprint density at radius 1 is 1.16 bits per heavy atom. The van der Waals surface area contributed by atoms with E-state index in [1.165, 1.54) is 18.2 Å². The van der Waals surface area contributed by atoms with E-state index in [0.717, 1.165) is 21.1 Å². The molecule has 3 aromatic rings. The van der Waals surface area contributed by atoms with Gasteiger partial charge in [-0.3, -0.25) is 0 Å². The van der Waals surface area contributed by atoms with Gasteiger partial charge in [-0.05, 0) is 42.8 Å². The van der Waals surface area contributed by atoms with Crippen molar-refractivity contribution in [2.45, 2.75) is 6.92 Å². The Bertz CT molecular complexity index is 780. The van der Waals surface area contributed by atoms with Crippen LogP contribution >= 0.6 is 15.9 Å². The molecule has 0 spiro atoms. The first-order valence-corrected chi connectivity index (χ1v) is 6.52. The van der Waals surface area contributed by atoms with E-state index in [-0.39, 0.29) is 11.5 Å². The van der Waals surface area contributed by atoms with Crippen LogP contribution in [0.25, 0.3) is 22.4 Å². The number of aromatic amines is 1. The lowest BCUT2D eigenvalue weighted by Gasteiger charge is -2.01. The van der Waals surface area contributed by atoms with Crippen LogP contribution in [-0.4, -0.2) is 20.2 Å². The van der Waals surface area contributed by atoms with Crippen LogP contribution in [0.1, 0.15) is 5.56 Å². The van der Waals surface area contributed by atoms with Crippen molar-refractivity contribution < 1.29 is 10.2 Å². The minimum Gasteiger partial charge on any atom is -0.508 e. The molecule has 0 atom stereocenters. The third kappa shape index (κ3) is 2.06. The molecular formula is C14H11BrN2O2. The highest BCUT2D eigenvalue weighted by Gasteiger charge is 2.12. The maximum atomic E-state index is 9.86. The molecule has 0 unspecified atom stereocenters. The van der Waals surface area contributed by atoms with Gasteiger partial charge in [0.15, 0.2) is 0 Å². The molecule has 5 heteroatoms. The first-order chi connectivity index (χ1) is 9.04. The van der Waals surface area contributed by atoms with Gasteiger partial charge in [-0.25, -0.2) is 4.98 Å². The zero-order valence-corrected chi connectivity index (χ0v) is 11.7. The number of hydrogen-bond donors (Lipinski definition) is 3. The SMILES string of the molecule is Cc1cc(Br)cc2[nH]c(-c3cc(O)ccc3O)nc12. The number of hydrogen-bond acceptors (Lipinski definition) is 3. The number of aryl methyl sites for hydroxylation is 1. The molecule has 1 aromatic heterocycles. The van der Waals surface area contributed by atoms with Crippen molar-refractivity contribution in [1.82, 2.24) is 9.97 Å². The van der Waals surface area contributed by atoms with Gasteiger partial charge in [0, 0.05) is 4.47 Å². The van der Waals surface area contributed by atoms with Crippen molar-refractivity contribution in [3.63, 3.8) is 0 Å². The fourth-order valence-corrected chi connectivity index (χ4v) is 2.66. The molecule has 0 aliphatic rings. The Kier molecular flexibility index (Phi) is 2.71. The molecule has 19 heavy (non-hydrogen) atoms. The molecule has 2 aromatic carbocycles. The number of nitrogens with one attached hydrogen (secondary N) is 1. The number of H-pyrrole nitrogens is 1. The minimum atomic E-state index is 0.0774. The highest BCUT2D eigenvalue weighted by Crippen LogP contribution is 2.32. The summed E-state index contributed by atoms with van der Waals surface area (Å²) in [5, 5.41) is 19.4. The van der Waals surface area contributed by atoms with Crippen LogP contribution in [0, 0.1) is 6.92 Å². The van der Waals surface area contributed by atoms with E-state index in [1.54, 1.807) is 0 Å². The number of aromatic nitrogens is 2. The summed E-state index contributed by atoms with van der Waals surface area (Å²) in [7, 11) is 0. The smallest absolute Gasteiger partial charge is 0.142 e. The van der Waals surface area contributed by atoms with E-state index in [0.29, 0.717) is 11.4 Å². The molecule has 1 heterocycles. The Morgan fingerprint density at radius 2 is 1.95 bits per heavy atom. The average molecular weight is 319 g/mol. The fourth-order valence-electron chi connectivity index (χ4n) is 2.09. The van der Waals surface area contributed by atoms with Gasteiger partial charge in [-0.2, -0.15) is 0 Å². The van der Waals surface area contributed by atoms with E-state index >= 15 is 0 Å². The number of phenolic OH excluding ortho intramolecular Hbond substituents is 2. The number of phenols is 2. The van der Waals surface area contributed by atoms with Gasteiger partial charge in [-0.15, -0.1) is 0 Å². The standard InChI is InChI=1S/C14H11BrN2O2/c1-7-4-8(15)5-11-13(7)17-14(16-11)10-6-9(18)2-3-12(10)19/h2-6,18-19H,1H3,(H,16,17). The van der Waals surface area contributed by atoms with Gasteiger partial charge < -0.3 is 15.2 Å². The minimum absolute atomic E-state index is 0.0774. The molecule has 0 fully saturated rings. The molecule has 0 bridgehead atoms. The van der Waals surface area contributed by atoms with Crippen LogP contribution in [0.15, 0.2) is 34.8 Å². The lowest BCUT2D eigenvalue weighted by molar-refractivity contribution is 0.461. The zero-order valence-electron chi connectivity index (χ0n) is 10.1. The predicted octanol–water partition coefficient (Wildman–Crippen LogP) is 3.71. The number of fused-ring (bicyclic) bond motifs is 1. The number of benzene rings is 2. The highest BCUT2D eigenvalue weighted by molar-refractivity contribution is 9.10. The molecule has 0 saturated carbocycles. The van der Waals surface area contributed by atoms with E-state index < -0.39 is 0 Å². The molecule has 0 radical (unpaired) electrons. The summed E-state index contributed by atoms with van der Waals surface area (Å²) >= 11 is 3.44. The second-order valence-corrected chi connectivity index (χ2v) is 5.32. The molecule has 0 amide bonds. The molecule has 3 N–H and O–H groups in total. The van der Waals surface area contributed by atoms with E-state index in [9.17, 15) is 10.2 Å². The molecule has 96 valence electrons. The Labute approximate surface area is 117 Å². The maximum Gasteiger partial charge on any atom is 0.142 e. The van der Waals surface area contributed by atoms with Crippen LogP contribution in [0.2, 0.25) is 0 Å². The number of rotatable bonds is 1. The van der Waals surface area contributed by atoms with Gasteiger partial charge in [0.05, 0.1) is 16.6 Å². The van der Waals surface area contributed by atoms with Gasteiger partial charge in [0.25, 0.3) is 0 Å². The summed E-state index contributed by atoms with van der Waals surface area (Å²) in [5.74, 6) is 0.698. The van der Waals surface area contributed by atoms with Crippen molar-refractivity contribution >= 4 is 27.0 Å². The summed E-state index contributed by atoms with van der Waals surface area (Å²) < 4.78 is 0.966. The molecule has 4 nitrogen and oxygen atoms in total. The van der Waals surface area contributed by atoms with Crippen LogP contribution in [0.3, 0.4) is 0 Å². The molecule has 0 aliphatic carbocycles. The van der Waals surface area contributed by atoms with E-state index in [1.807, 2.05) is 19.1 Å². The summed E-state index contributed by atoms with van der Waals surface area (Å²) in [5.41, 5.74) is 3.24. The summed E-state index contributed by atoms with van der Waals surface area (Å²) in [4.78, 5) is 7.63.